The highest BCUT2D eigenvalue weighted by Crippen LogP contribution is 2.33. The van der Waals surface area contributed by atoms with Crippen LogP contribution in [0.15, 0.2) is 36.4 Å². The van der Waals surface area contributed by atoms with Crippen LogP contribution in [0.4, 0.5) is 23.4 Å². The van der Waals surface area contributed by atoms with E-state index in [0.29, 0.717) is 61.8 Å². The first-order chi connectivity index (χ1) is 18.3. The predicted molar refractivity (Wildman–Crippen MR) is 129 cm³/mol. The summed E-state index contributed by atoms with van der Waals surface area (Å²) in [6.07, 6.45) is 1.32. The number of halogens is 4. The second kappa shape index (κ2) is 10.8. The van der Waals surface area contributed by atoms with E-state index in [9.17, 15) is 22.4 Å². The molecule has 0 bridgehead atoms. The maximum atomic E-state index is 14.1. The summed E-state index contributed by atoms with van der Waals surface area (Å²) in [5, 5.41) is 0. The molecule has 38 heavy (non-hydrogen) atoms. The summed E-state index contributed by atoms with van der Waals surface area (Å²) < 4.78 is 63.2. The fourth-order valence-corrected chi connectivity index (χ4v) is 4.62. The number of ether oxygens (including phenoxy) is 2. The van der Waals surface area contributed by atoms with Gasteiger partial charge in [0.1, 0.15) is 17.6 Å². The number of nitrogens with zero attached hydrogens (tertiary/aromatic N) is 5. The minimum atomic E-state index is -3.03. The molecule has 0 N–H and O–H groups in total. The third-order valence-corrected chi connectivity index (χ3v) is 6.54. The van der Waals surface area contributed by atoms with Crippen molar-refractivity contribution in [1.82, 2.24) is 19.9 Å². The molecule has 1 fully saturated rings. The monoisotopic (exact) mass is 531 g/mol. The van der Waals surface area contributed by atoms with E-state index in [1.165, 1.54) is 19.1 Å². The maximum Gasteiger partial charge on any atom is 0.388 e. The van der Waals surface area contributed by atoms with E-state index >= 15 is 0 Å². The Morgan fingerprint density at radius 1 is 1.03 bits per heavy atom. The molecule has 0 aliphatic carbocycles. The molecule has 4 heterocycles. The van der Waals surface area contributed by atoms with Gasteiger partial charge in [-0.05, 0) is 18.2 Å². The van der Waals surface area contributed by atoms with Crippen molar-refractivity contribution in [2.24, 2.45) is 0 Å². The van der Waals surface area contributed by atoms with Crippen LogP contribution in [-0.2, 0) is 17.8 Å². The third kappa shape index (κ3) is 5.63. The summed E-state index contributed by atoms with van der Waals surface area (Å²) in [7, 11) is 0. The first-order valence-corrected chi connectivity index (χ1v) is 12.2. The van der Waals surface area contributed by atoms with Crippen molar-refractivity contribution in [1.29, 1.82) is 0 Å². The number of carbonyl (C=O) groups excluding carboxylic acids is 1. The van der Waals surface area contributed by atoms with Crippen molar-refractivity contribution in [3.05, 3.63) is 59.4 Å². The average Bonchev–Trinajstić information content (AvgIpc) is 2.89. The normalized spacial score (nSPS) is 15.9. The number of alkyl halides is 2. The van der Waals surface area contributed by atoms with Crippen LogP contribution in [0.1, 0.15) is 31.2 Å². The van der Waals surface area contributed by atoms with Crippen LogP contribution in [0.25, 0.3) is 11.4 Å². The summed E-state index contributed by atoms with van der Waals surface area (Å²) in [6, 6.07) is 7.71. The van der Waals surface area contributed by atoms with E-state index in [4.69, 9.17) is 14.7 Å². The molecule has 0 unspecified atom stereocenters. The fourth-order valence-electron chi connectivity index (χ4n) is 4.62. The molecular weight excluding hydrogens is 506 g/mol. The van der Waals surface area contributed by atoms with Crippen LogP contribution in [-0.4, -0.2) is 58.1 Å². The highest BCUT2D eigenvalue weighted by Gasteiger charge is 2.29. The zero-order valence-electron chi connectivity index (χ0n) is 20.5. The lowest BCUT2D eigenvalue weighted by Gasteiger charge is -2.35. The van der Waals surface area contributed by atoms with Gasteiger partial charge in [-0.3, -0.25) is 4.79 Å². The van der Waals surface area contributed by atoms with E-state index in [-0.39, 0.29) is 30.2 Å². The van der Waals surface area contributed by atoms with E-state index in [1.54, 1.807) is 17.0 Å². The number of hydrogen-bond acceptors (Lipinski definition) is 7. The van der Waals surface area contributed by atoms with Gasteiger partial charge in [-0.1, -0.05) is 6.07 Å². The highest BCUT2D eigenvalue weighted by molar-refractivity contribution is 5.74. The van der Waals surface area contributed by atoms with Crippen LogP contribution in [0.2, 0.25) is 0 Å². The number of carbonyl (C=O) groups is 1. The van der Waals surface area contributed by atoms with Crippen molar-refractivity contribution in [3.8, 4) is 23.0 Å². The number of pyridine rings is 1. The lowest BCUT2D eigenvalue weighted by molar-refractivity contribution is -0.129. The van der Waals surface area contributed by atoms with Crippen molar-refractivity contribution in [2.45, 2.75) is 45.4 Å². The Morgan fingerprint density at radius 3 is 2.53 bits per heavy atom. The zero-order chi connectivity index (χ0) is 26.8. The van der Waals surface area contributed by atoms with E-state index in [2.05, 4.69) is 9.72 Å². The van der Waals surface area contributed by atoms with E-state index < -0.39 is 18.2 Å². The van der Waals surface area contributed by atoms with Gasteiger partial charge in [-0.15, -0.1) is 0 Å². The SMILES string of the molecule is CC(=O)N1CCc2nc(N3CCC(Oc4ccc(F)cc4F)CC3)c(-c3cccc(OC(F)F)n3)nc2C1. The van der Waals surface area contributed by atoms with Crippen LogP contribution in [0.5, 0.6) is 11.6 Å². The van der Waals surface area contributed by atoms with Crippen LogP contribution >= 0.6 is 0 Å². The topological polar surface area (TPSA) is 80.7 Å². The van der Waals surface area contributed by atoms with Gasteiger partial charge in [0.25, 0.3) is 0 Å². The van der Waals surface area contributed by atoms with Crippen molar-refractivity contribution >= 4 is 11.7 Å². The Bertz CT molecular complexity index is 1330. The highest BCUT2D eigenvalue weighted by atomic mass is 19.3. The largest absolute Gasteiger partial charge is 0.487 e. The molecule has 1 amide bonds. The van der Waals surface area contributed by atoms with Gasteiger partial charge < -0.3 is 19.3 Å². The van der Waals surface area contributed by atoms with Crippen LogP contribution in [0, 0.1) is 11.6 Å². The summed E-state index contributed by atoms with van der Waals surface area (Å²) in [6.45, 7) is 0.273. The Labute approximate surface area is 216 Å². The number of piperidine rings is 1. The second-order valence-electron chi connectivity index (χ2n) is 9.10. The predicted octanol–water partition coefficient (Wildman–Crippen LogP) is 4.37. The smallest absolute Gasteiger partial charge is 0.388 e. The summed E-state index contributed by atoms with van der Waals surface area (Å²) >= 11 is 0. The number of rotatable bonds is 6. The van der Waals surface area contributed by atoms with Gasteiger partial charge in [0.15, 0.2) is 17.4 Å². The lowest BCUT2D eigenvalue weighted by Crippen LogP contribution is -2.40. The number of fused-ring (bicyclic) bond motifs is 1. The van der Waals surface area contributed by atoms with Gasteiger partial charge in [-0.2, -0.15) is 8.78 Å². The molecule has 5 rings (SSSR count). The number of hydrogen-bond donors (Lipinski definition) is 0. The van der Waals surface area contributed by atoms with Gasteiger partial charge in [0.05, 0.1) is 23.6 Å². The molecule has 12 heteroatoms. The van der Waals surface area contributed by atoms with Gasteiger partial charge in [-0.25, -0.2) is 23.7 Å². The minimum Gasteiger partial charge on any atom is -0.487 e. The van der Waals surface area contributed by atoms with Crippen molar-refractivity contribution < 1.29 is 31.8 Å². The molecule has 2 aliphatic rings. The summed E-state index contributed by atoms with van der Waals surface area (Å²) in [5.74, 6) is -1.23. The summed E-state index contributed by atoms with van der Waals surface area (Å²) in [4.78, 5) is 29.5. The minimum absolute atomic E-state index is 0.00539. The Balaban J connectivity index is 1.42. The Kier molecular flexibility index (Phi) is 7.30. The van der Waals surface area contributed by atoms with E-state index in [0.717, 1.165) is 17.8 Å². The Hall–Kier alpha value is -3.96. The summed E-state index contributed by atoms with van der Waals surface area (Å²) in [5.41, 5.74) is 2.07. The molecule has 2 aliphatic heterocycles. The Morgan fingerprint density at radius 2 is 1.82 bits per heavy atom. The molecular formula is C26H25F4N5O3. The number of amides is 1. The molecule has 200 valence electrons. The molecule has 8 nitrogen and oxygen atoms in total. The lowest BCUT2D eigenvalue weighted by atomic mass is 10.1. The molecule has 0 spiro atoms. The zero-order valence-corrected chi connectivity index (χ0v) is 20.5. The van der Waals surface area contributed by atoms with Gasteiger partial charge in [0, 0.05) is 58.0 Å². The molecule has 0 atom stereocenters. The third-order valence-electron chi connectivity index (χ3n) is 6.54. The first-order valence-electron chi connectivity index (χ1n) is 12.2. The van der Waals surface area contributed by atoms with Gasteiger partial charge in [0.2, 0.25) is 11.8 Å². The molecule has 2 aromatic heterocycles. The number of aromatic nitrogens is 3. The molecule has 1 saturated heterocycles. The van der Waals surface area contributed by atoms with Crippen LogP contribution < -0.4 is 14.4 Å². The quantitative estimate of drug-likeness (QED) is 0.437. The van der Waals surface area contributed by atoms with Gasteiger partial charge >= 0.3 is 6.61 Å². The number of benzene rings is 1. The van der Waals surface area contributed by atoms with E-state index in [1.807, 2.05) is 4.90 Å². The van der Waals surface area contributed by atoms with Crippen molar-refractivity contribution in [2.75, 3.05) is 24.5 Å². The molecule has 1 aromatic carbocycles. The molecule has 0 radical (unpaired) electrons. The second-order valence-corrected chi connectivity index (χ2v) is 9.10. The average molecular weight is 532 g/mol. The first kappa shape index (κ1) is 25.7. The van der Waals surface area contributed by atoms with Crippen molar-refractivity contribution in [3.63, 3.8) is 0 Å². The van der Waals surface area contributed by atoms with Crippen LogP contribution in [0.3, 0.4) is 0 Å². The standard InChI is InChI=1S/C26H25F4N5O3/c1-15(36)35-12-9-19-21(14-35)32-24(20-3-2-4-23(31-20)38-26(29)30)25(33-19)34-10-7-17(8-11-34)37-22-6-5-16(27)13-18(22)28/h2-6,13,17,26H,7-12,14H2,1H3. The maximum absolute atomic E-state index is 14.1. The fraction of sp³-hybridized carbons (Fsp3) is 0.385. The number of anilines is 1. The molecule has 3 aromatic rings. The molecule has 0 saturated carbocycles.